The zero-order valence-corrected chi connectivity index (χ0v) is 12.4. The molecule has 2 N–H and O–H groups in total. The van der Waals surface area contributed by atoms with E-state index in [1.807, 2.05) is 12.3 Å². The Morgan fingerprint density at radius 3 is 3.05 bits per heavy atom. The summed E-state index contributed by atoms with van der Waals surface area (Å²) < 4.78 is 0. The van der Waals surface area contributed by atoms with E-state index in [-0.39, 0.29) is 12.1 Å². The molecule has 0 aliphatic carbocycles. The number of thiophene rings is 1. The molecule has 2 heterocycles. The highest BCUT2D eigenvalue weighted by molar-refractivity contribution is 7.07. The fourth-order valence-corrected chi connectivity index (χ4v) is 3.16. The van der Waals surface area contributed by atoms with Crippen molar-refractivity contribution in [3.8, 4) is 0 Å². The highest BCUT2D eigenvalue weighted by Gasteiger charge is 2.28. The molecule has 6 heteroatoms. The average molecular weight is 296 g/mol. The van der Waals surface area contributed by atoms with Gasteiger partial charge in [0.25, 0.3) is 0 Å². The van der Waals surface area contributed by atoms with Crippen LogP contribution in [0, 0.1) is 5.92 Å². The van der Waals surface area contributed by atoms with E-state index in [2.05, 4.69) is 16.8 Å². The quantitative estimate of drug-likeness (QED) is 0.894. The van der Waals surface area contributed by atoms with Gasteiger partial charge in [-0.2, -0.15) is 11.3 Å². The number of nitrogens with one attached hydrogen (secondary N) is 1. The minimum atomic E-state index is -0.811. The molecule has 1 aliphatic rings. The molecule has 0 bridgehead atoms. The normalized spacial score (nSPS) is 20.4. The largest absolute Gasteiger partial charge is 0.481 e. The monoisotopic (exact) mass is 296 g/mol. The molecule has 1 aliphatic heterocycles. The zero-order chi connectivity index (χ0) is 14.5. The number of carboxylic acids is 1. The highest BCUT2D eigenvalue weighted by Crippen LogP contribution is 2.17. The van der Waals surface area contributed by atoms with E-state index >= 15 is 0 Å². The van der Waals surface area contributed by atoms with Gasteiger partial charge in [-0.1, -0.05) is 0 Å². The summed E-state index contributed by atoms with van der Waals surface area (Å²) in [5, 5.41) is 16.1. The summed E-state index contributed by atoms with van der Waals surface area (Å²) >= 11 is 1.64. The minimum Gasteiger partial charge on any atom is -0.481 e. The molecule has 1 aromatic heterocycles. The minimum absolute atomic E-state index is 0.0438. The van der Waals surface area contributed by atoms with Crippen molar-refractivity contribution in [1.82, 2.24) is 10.2 Å². The molecule has 0 radical (unpaired) electrons. The van der Waals surface area contributed by atoms with Crippen molar-refractivity contribution in [2.24, 2.45) is 5.92 Å². The van der Waals surface area contributed by atoms with Crippen molar-refractivity contribution < 1.29 is 14.7 Å². The van der Waals surface area contributed by atoms with Crippen LogP contribution in [0.2, 0.25) is 0 Å². The van der Waals surface area contributed by atoms with E-state index in [4.69, 9.17) is 5.11 Å². The fraction of sp³-hybridized carbons (Fsp3) is 0.571. The average Bonchev–Trinajstić information content (AvgIpc) is 2.91. The number of likely N-dealkylation sites (tertiary alicyclic amines) is 1. The maximum atomic E-state index is 12.1. The van der Waals surface area contributed by atoms with Gasteiger partial charge in [0, 0.05) is 19.1 Å². The molecule has 5 nitrogen and oxygen atoms in total. The first kappa shape index (κ1) is 14.8. The fourth-order valence-electron chi connectivity index (χ4n) is 2.48. The molecule has 0 spiro atoms. The van der Waals surface area contributed by atoms with Crippen LogP contribution in [0.4, 0.5) is 4.79 Å². The van der Waals surface area contributed by atoms with Crippen molar-refractivity contribution >= 4 is 23.3 Å². The van der Waals surface area contributed by atoms with E-state index in [1.54, 1.807) is 16.2 Å². The number of amides is 2. The Hall–Kier alpha value is -1.56. The molecule has 1 saturated heterocycles. The predicted molar refractivity (Wildman–Crippen MR) is 77.9 cm³/mol. The van der Waals surface area contributed by atoms with E-state index in [0.29, 0.717) is 19.5 Å². The van der Waals surface area contributed by atoms with Gasteiger partial charge >= 0.3 is 12.0 Å². The third kappa shape index (κ3) is 3.96. The topological polar surface area (TPSA) is 69.6 Å². The summed E-state index contributed by atoms with van der Waals surface area (Å²) in [7, 11) is 0. The van der Waals surface area contributed by atoms with Gasteiger partial charge in [-0.3, -0.25) is 4.79 Å². The van der Waals surface area contributed by atoms with Gasteiger partial charge in [-0.25, -0.2) is 4.79 Å². The molecule has 2 rings (SSSR count). The van der Waals surface area contributed by atoms with Crippen LogP contribution >= 0.6 is 11.3 Å². The molecular formula is C14H20N2O3S. The smallest absolute Gasteiger partial charge is 0.317 e. The lowest BCUT2D eigenvalue weighted by Crippen LogP contribution is -2.49. The van der Waals surface area contributed by atoms with Gasteiger partial charge < -0.3 is 15.3 Å². The molecule has 2 amide bonds. The van der Waals surface area contributed by atoms with Gasteiger partial charge in [0.05, 0.1) is 5.92 Å². The molecule has 110 valence electrons. The number of urea groups is 1. The lowest BCUT2D eigenvalue weighted by molar-refractivity contribution is -0.143. The highest BCUT2D eigenvalue weighted by atomic mass is 32.1. The van der Waals surface area contributed by atoms with Crippen LogP contribution in [0.1, 0.15) is 25.3 Å². The Morgan fingerprint density at radius 1 is 1.60 bits per heavy atom. The second-order valence-electron chi connectivity index (χ2n) is 5.31. The Morgan fingerprint density at radius 2 is 2.40 bits per heavy atom. The molecule has 2 unspecified atom stereocenters. The van der Waals surface area contributed by atoms with Crippen molar-refractivity contribution in [3.05, 3.63) is 22.4 Å². The summed E-state index contributed by atoms with van der Waals surface area (Å²) in [4.78, 5) is 24.7. The number of carbonyl (C=O) groups is 2. The summed E-state index contributed by atoms with van der Waals surface area (Å²) in [6.07, 6.45) is 2.21. The molecular weight excluding hydrogens is 276 g/mol. The number of carbonyl (C=O) groups excluding carboxylic acids is 1. The number of hydrogen-bond donors (Lipinski definition) is 2. The summed E-state index contributed by atoms with van der Waals surface area (Å²) in [6.45, 7) is 2.92. The zero-order valence-electron chi connectivity index (χ0n) is 11.5. The second-order valence-corrected chi connectivity index (χ2v) is 6.09. The van der Waals surface area contributed by atoms with E-state index in [1.165, 1.54) is 5.56 Å². The molecule has 2 atom stereocenters. The van der Waals surface area contributed by atoms with Crippen LogP contribution in [0.25, 0.3) is 0 Å². The molecule has 20 heavy (non-hydrogen) atoms. The predicted octanol–water partition coefficient (Wildman–Crippen LogP) is 2.19. The van der Waals surface area contributed by atoms with Crippen molar-refractivity contribution in [1.29, 1.82) is 0 Å². The second kappa shape index (κ2) is 6.74. The van der Waals surface area contributed by atoms with Crippen molar-refractivity contribution in [2.75, 3.05) is 13.1 Å². The lowest BCUT2D eigenvalue weighted by Gasteiger charge is -2.31. The van der Waals surface area contributed by atoms with Gasteiger partial charge in [-0.05, 0) is 48.6 Å². The molecule has 0 saturated carbocycles. The Bertz CT molecular complexity index is 461. The van der Waals surface area contributed by atoms with Gasteiger partial charge in [0.15, 0.2) is 0 Å². The third-order valence-corrected chi connectivity index (χ3v) is 4.28. The number of hydrogen-bond acceptors (Lipinski definition) is 3. The van der Waals surface area contributed by atoms with E-state index in [0.717, 1.165) is 12.8 Å². The standard InChI is InChI=1S/C14H20N2O3S/c1-10(7-11-4-6-20-9-11)15-14(19)16-5-2-3-12(8-16)13(17)18/h4,6,9-10,12H,2-3,5,7-8H2,1H3,(H,15,19)(H,17,18). The number of nitrogens with zero attached hydrogens (tertiary/aromatic N) is 1. The van der Waals surface area contributed by atoms with E-state index < -0.39 is 11.9 Å². The summed E-state index contributed by atoms with van der Waals surface area (Å²) in [5.74, 6) is -1.24. The van der Waals surface area contributed by atoms with Crippen LogP contribution in [-0.2, 0) is 11.2 Å². The van der Waals surface area contributed by atoms with Gasteiger partial charge in [-0.15, -0.1) is 0 Å². The van der Waals surface area contributed by atoms with Crippen LogP contribution in [0.15, 0.2) is 16.8 Å². The van der Waals surface area contributed by atoms with Gasteiger partial charge in [0.2, 0.25) is 0 Å². The summed E-state index contributed by atoms with van der Waals surface area (Å²) in [5.41, 5.74) is 1.21. The van der Waals surface area contributed by atoms with Crippen molar-refractivity contribution in [3.63, 3.8) is 0 Å². The first-order chi connectivity index (χ1) is 9.56. The maximum absolute atomic E-state index is 12.1. The van der Waals surface area contributed by atoms with Crippen LogP contribution in [-0.4, -0.2) is 41.1 Å². The van der Waals surface area contributed by atoms with Crippen LogP contribution in [0.3, 0.4) is 0 Å². The maximum Gasteiger partial charge on any atom is 0.317 e. The van der Waals surface area contributed by atoms with E-state index in [9.17, 15) is 9.59 Å². The number of carboxylic acid groups (broad SMARTS) is 1. The van der Waals surface area contributed by atoms with Crippen LogP contribution in [0.5, 0.6) is 0 Å². The first-order valence-electron chi connectivity index (χ1n) is 6.85. The van der Waals surface area contributed by atoms with Crippen LogP contribution < -0.4 is 5.32 Å². The molecule has 0 aromatic carbocycles. The number of aliphatic carboxylic acids is 1. The number of rotatable bonds is 4. The number of piperidine rings is 1. The Kier molecular flexibility index (Phi) is 5.00. The van der Waals surface area contributed by atoms with Gasteiger partial charge in [0.1, 0.15) is 0 Å². The van der Waals surface area contributed by atoms with Crippen molar-refractivity contribution in [2.45, 2.75) is 32.2 Å². The third-order valence-electron chi connectivity index (χ3n) is 3.55. The molecule has 1 fully saturated rings. The lowest BCUT2D eigenvalue weighted by atomic mass is 9.99. The summed E-state index contributed by atoms with van der Waals surface area (Å²) in [6, 6.07) is 1.94. The Balaban J connectivity index is 1.83. The first-order valence-corrected chi connectivity index (χ1v) is 7.80. The molecule has 1 aromatic rings. The SMILES string of the molecule is CC(Cc1ccsc1)NC(=O)N1CCCC(C(=O)O)C1. The Labute approximate surface area is 122 Å².